The standard InChI is InChI=1S/C22H30N4O.HI/c1-23-22(24-13-5-8-19-9-11-21(27)12-10-19)26-16-14-25(15-17-26)18-20-6-3-2-4-7-20;/h2-4,6-7,9-12,27H,5,8,13-18H2,1H3,(H,23,24);1H. The quantitative estimate of drug-likeness (QED) is 0.280. The van der Waals surface area contributed by atoms with Crippen molar-refractivity contribution < 1.29 is 5.11 Å². The Morgan fingerprint density at radius 3 is 2.29 bits per heavy atom. The minimum absolute atomic E-state index is 0. The topological polar surface area (TPSA) is 51.1 Å². The average molecular weight is 494 g/mol. The number of phenols is 1. The van der Waals surface area contributed by atoms with Crippen LogP contribution in [0.15, 0.2) is 59.6 Å². The summed E-state index contributed by atoms with van der Waals surface area (Å²) in [6.45, 7) is 6.05. The maximum atomic E-state index is 9.34. The molecule has 0 unspecified atom stereocenters. The highest BCUT2D eigenvalue weighted by Crippen LogP contribution is 2.11. The van der Waals surface area contributed by atoms with Gasteiger partial charge in [0, 0.05) is 46.3 Å². The molecule has 2 N–H and O–H groups in total. The van der Waals surface area contributed by atoms with Gasteiger partial charge in [0.1, 0.15) is 5.75 Å². The zero-order valence-corrected chi connectivity index (χ0v) is 18.9. The van der Waals surface area contributed by atoms with Crippen LogP contribution in [0.5, 0.6) is 5.75 Å². The van der Waals surface area contributed by atoms with E-state index in [2.05, 4.69) is 50.4 Å². The monoisotopic (exact) mass is 494 g/mol. The summed E-state index contributed by atoms with van der Waals surface area (Å²) >= 11 is 0. The number of piperazine rings is 1. The molecule has 1 fully saturated rings. The first-order valence-electron chi connectivity index (χ1n) is 9.74. The van der Waals surface area contributed by atoms with Crippen molar-refractivity contribution >= 4 is 29.9 Å². The summed E-state index contributed by atoms with van der Waals surface area (Å²) in [5, 5.41) is 12.8. The van der Waals surface area contributed by atoms with Crippen LogP contribution in [0, 0.1) is 0 Å². The third kappa shape index (κ3) is 6.98. The van der Waals surface area contributed by atoms with Gasteiger partial charge in [-0.15, -0.1) is 24.0 Å². The second-order valence-electron chi connectivity index (χ2n) is 6.99. The van der Waals surface area contributed by atoms with Crippen molar-refractivity contribution in [1.29, 1.82) is 0 Å². The summed E-state index contributed by atoms with van der Waals surface area (Å²) in [4.78, 5) is 9.31. The minimum Gasteiger partial charge on any atom is -0.508 e. The summed E-state index contributed by atoms with van der Waals surface area (Å²) in [5.74, 6) is 1.32. The van der Waals surface area contributed by atoms with Crippen molar-refractivity contribution in [3.8, 4) is 5.75 Å². The summed E-state index contributed by atoms with van der Waals surface area (Å²) in [6, 6.07) is 18.1. The van der Waals surface area contributed by atoms with Gasteiger partial charge in [-0.3, -0.25) is 9.89 Å². The Morgan fingerprint density at radius 2 is 1.64 bits per heavy atom. The number of phenolic OH excluding ortho intramolecular Hbond substituents is 1. The molecule has 1 aliphatic heterocycles. The number of aliphatic imine (C=N–C) groups is 1. The van der Waals surface area contributed by atoms with Gasteiger partial charge in [0.2, 0.25) is 0 Å². The first kappa shape index (κ1) is 22.5. The summed E-state index contributed by atoms with van der Waals surface area (Å²) in [6.07, 6.45) is 2.03. The Morgan fingerprint density at radius 1 is 0.964 bits per heavy atom. The molecule has 0 aliphatic carbocycles. The zero-order chi connectivity index (χ0) is 18.9. The lowest BCUT2D eigenvalue weighted by Crippen LogP contribution is -2.52. The number of hydrogen-bond donors (Lipinski definition) is 2. The van der Waals surface area contributed by atoms with Gasteiger partial charge in [-0.1, -0.05) is 42.5 Å². The molecule has 0 saturated carbocycles. The smallest absolute Gasteiger partial charge is 0.193 e. The van der Waals surface area contributed by atoms with Gasteiger partial charge in [-0.05, 0) is 36.1 Å². The number of aromatic hydroxyl groups is 1. The van der Waals surface area contributed by atoms with Gasteiger partial charge >= 0.3 is 0 Å². The highest BCUT2D eigenvalue weighted by atomic mass is 127. The lowest BCUT2D eigenvalue weighted by molar-refractivity contribution is 0.172. The highest BCUT2D eigenvalue weighted by Gasteiger charge is 2.19. The third-order valence-corrected chi connectivity index (χ3v) is 4.99. The molecule has 1 aliphatic rings. The summed E-state index contributed by atoms with van der Waals surface area (Å²) in [5.41, 5.74) is 2.63. The molecule has 0 aromatic heterocycles. The van der Waals surface area contributed by atoms with E-state index in [9.17, 15) is 5.11 Å². The Labute approximate surface area is 185 Å². The molecule has 2 aromatic rings. The normalized spacial score (nSPS) is 15.2. The Hall–Kier alpha value is -1.80. The third-order valence-electron chi connectivity index (χ3n) is 4.99. The molecular weight excluding hydrogens is 463 g/mol. The van der Waals surface area contributed by atoms with E-state index in [0.717, 1.165) is 58.1 Å². The fourth-order valence-corrected chi connectivity index (χ4v) is 3.45. The summed E-state index contributed by atoms with van der Waals surface area (Å²) in [7, 11) is 1.86. The zero-order valence-electron chi connectivity index (χ0n) is 16.6. The first-order valence-corrected chi connectivity index (χ1v) is 9.74. The molecule has 2 aromatic carbocycles. The van der Waals surface area contributed by atoms with Crippen molar-refractivity contribution in [2.75, 3.05) is 39.8 Å². The van der Waals surface area contributed by atoms with Crippen LogP contribution in [0.3, 0.4) is 0 Å². The fraction of sp³-hybridized carbons (Fsp3) is 0.409. The van der Waals surface area contributed by atoms with Gasteiger partial charge < -0.3 is 15.3 Å². The van der Waals surface area contributed by atoms with Gasteiger partial charge in [0.05, 0.1) is 0 Å². The molecular formula is C22H31IN4O. The van der Waals surface area contributed by atoms with Gasteiger partial charge in [0.15, 0.2) is 5.96 Å². The minimum atomic E-state index is 0. The van der Waals surface area contributed by atoms with E-state index in [0.29, 0.717) is 5.75 Å². The summed E-state index contributed by atoms with van der Waals surface area (Å²) < 4.78 is 0. The van der Waals surface area contributed by atoms with E-state index in [-0.39, 0.29) is 24.0 Å². The van der Waals surface area contributed by atoms with E-state index >= 15 is 0 Å². The molecule has 0 amide bonds. The highest BCUT2D eigenvalue weighted by molar-refractivity contribution is 14.0. The molecule has 6 heteroatoms. The second kappa shape index (κ2) is 11.9. The maximum absolute atomic E-state index is 9.34. The van der Waals surface area contributed by atoms with Gasteiger partial charge in [0.25, 0.3) is 0 Å². The van der Waals surface area contributed by atoms with Crippen LogP contribution >= 0.6 is 24.0 Å². The molecule has 0 radical (unpaired) electrons. The molecule has 0 atom stereocenters. The number of nitrogens with one attached hydrogen (secondary N) is 1. The van der Waals surface area contributed by atoms with E-state index in [1.165, 1.54) is 11.1 Å². The molecule has 3 rings (SSSR count). The Bertz CT molecular complexity index is 713. The number of hydrogen-bond acceptors (Lipinski definition) is 3. The number of nitrogens with zero attached hydrogens (tertiary/aromatic N) is 3. The molecule has 5 nitrogen and oxygen atoms in total. The number of benzene rings is 2. The van der Waals surface area contributed by atoms with Crippen LogP contribution in [-0.2, 0) is 13.0 Å². The predicted octanol–water partition coefficient (Wildman–Crippen LogP) is 3.34. The van der Waals surface area contributed by atoms with E-state index in [1.54, 1.807) is 12.1 Å². The lowest BCUT2D eigenvalue weighted by atomic mass is 10.1. The molecule has 0 bridgehead atoms. The Balaban J connectivity index is 0.00000280. The Kier molecular flexibility index (Phi) is 9.57. The number of guanidine groups is 1. The fourth-order valence-electron chi connectivity index (χ4n) is 3.45. The average Bonchev–Trinajstić information content (AvgIpc) is 2.71. The van der Waals surface area contributed by atoms with Crippen LogP contribution < -0.4 is 5.32 Å². The molecule has 0 spiro atoms. The van der Waals surface area contributed by atoms with E-state index in [1.807, 2.05) is 19.2 Å². The SMILES string of the molecule is CN=C(NCCCc1ccc(O)cc1)N1CCN(Cc2ccccc2)CC1.I. The van der Waals surface area contributed by atoms with Crippen molar-refractivity contribution in [3.63, 3.8) is 0 Å². The van der Waals surface area contributed by atoms with Crippen molar-refractivity contribution in [1.82, 2.24) is 15.1 Å². The van der Waals surface area contributed by atoms with Crippen LogP contribution in [0.4, 0.5) is 0 Å². The van der Waals surface area contributed by atoms with Crippen molar-refractivity contribution in [2.45, 2.75) is 19.4 Å². The second-order valence-corrected chi connectivity index (χ2v) is 6.99. The van der Waals surface area contributed by atoms with Gasteiger partial charge in [-0.2, -0.15) is 0 Å². The van der Waals surface area contributed by atoms with Gasteiger partial charge in [-0.25, -0.2) is 0 Å². The van der Waals surface area contributed by atoms with Crippen molar-refractivity contribution in [2.24, 2.45) is 4.99 Å². The molecule has 1 heterocycles. The largest absolute Gasteiger partial charge is 0.508 e. The number of aryl methyl sites for hydroxylation is 1. The maximum Gasteiger partial charge on any atom is 0.193 e. The first-order chi connectivity index (χ1) is 13.2. The molecule has 152 valence electrons. The van der Waals surface area contributed by atoms with E-state index in [4.69, 9.17) is 0 Å². The molecule has 28 heavy (non-hydrogen) atoms. The lowest BCUT2D eigenvalue weighted by Gasteiger charge is -2.36. The van der Waals surface area contributed by atoms with Crippen molar-refractivity contribution in [3.05, 3.63) is 65.7 Å². The van der Waals surface area contributed by atoms with E-state index < -0.39 is 0 Å². The van der Waals surface area contributed by atoms with Crippen LogP contribution in [0.1, 0.15) is 17.5 Å². The predicted molar refractivity (Wildman–Crippen MR) is 126 cm³/mol. The molecule has 1 saturated heterocycles. The van der Waals surface area contributed by atoms with Crippen LogP contribution in [0.2, 0.25) is 0 Å². The van der Waals surface area contributed by atoms with Crippen LogP contribution in [-0.4, -0.2) is 60.6 Å². The number of rotatable bonds is 6. The van der Waals surface area contributed by atoms with Crippen LogP contribution in [0.25, 0.3) is 0 Å². The number of halogens is 1.